The first-order chi connectivity index (χ1) is 6.60. The lowest BCUT2D eigenvalue weighted by Crippen LogP contribution is -2.63. The summed E-state index contributed by atoms with van der Waals surface area (Å²) < 4.78 is 4.82. The summed E-state index contributed by atoms with van der Waals surface area (Å²) in [5, 5.41) is 2.47. The van der Waals surface area contributed by atoms with Crippen molar-refractivity contribution in [2.24, 2.45) is 0 Å². The molecule has 14 heavy (non-hydrogen) atoms. The average molecular weight is 199 g/mol. The number of hydrogen-bond donors (Lipinski definition) is 3. The third-order valence-electron chi connectivity index (χ3n) is 1.66. The molecule has 1 rings (SSSR count). The van der Waals surface area contributed by atoms with E-state index < -0.39 is 11.6 Å². The topological polar surface area (TPSA) is 79.5 Å². The maximum Gasteiger partial charge on any atom is 0.353 e. The minimum atomic E-state index is -1.28. The van der Waals surface area contributed by atoms with Gasteiger partial charge in [-0.2, -0.15) is 5.43 Å². The van der Waals surface area contributed by atoms with Crippen LogP contribution in [-0.4, -0.2) is 24.1 Å². The van der Waals surface area contributed by atoms with Gasteiger partial charge in [0.05, 0.1) is 6.61 Å². The minimum absolute atomic E-state index is 0.260. The number of nitrogens with one attached hydrogen (secondary N) is 3. The Morgan fingerprint density at radius 2 is 2.29 bits per heavy atom. The molecule has 6 heteroatoms. The van der Waals surface area contributed by atoms with Crippen LogP contribution in [-0.2, 0) is 14.3 Å². The van der Waals surface area contributed by atoms with Crippen molar-refractivity contribution in [1.29, 1.82) is 0 Å². The highest BCUT2D eigenvalue weighted by Gasteiger charge is 2.40. The molecule has 0 saturated carbocycles. The molecule has 1 unspecified atom stereocenters. The molecule has 1 amide bonds. The van der Waals surface area contributed by atoms with Crippen molar-refractivity contribution in [3.05, 3.63) is 12.3 Å². The van der Waals surface area contributed by atoms with Crippen LogP contribution >= 0.6 is 0 Å². The predicted octanol–water partition coefficient (Wildman–Crippen LogP) is -0.997. The number of hydrazine groups is 1. The summed E-state index contributed by atoms with van der Waals surface area (Å²) in [6, 6.07) is 0. The highest BCUT2D eigenvalue weighted by atomic mass is 16.5. The zero-order valence-electron chi connectivity index (χ0n) is 8.09. The SMILES string of the molecule is CCOC(=O)C1(NC(C)=O)C=CNN1. The Morgan fingerprint density at radius 1 is 1.57 bits per heavy atom. The van der Waals surface area contributed by atoms with Crippen molar-refractivity contribution < 1.29 is 14.3 Å². The molecular formula is C8H13N3O3. The molecule has 1 aliphatic rings. The van der Waals surface area contributed by atoms with Crippen molar-refractivity contribution in [3.63, 3.8) is 0 Å². The smallest absolute Gasteiger partial charge is 0.353 e. The first-order valence-electron chi connectivity index (χ1n) is 4.27. The number of hydrogen-bond acceptors (Lipinski definition) is 5. The summed E-state index contributed by atoms with van der Waals surface area (Å²) >= 11 is 0. The van der Waals surface area contributed by atoms with Gasteiger partial charge in [-0.3, -0.25) is 4.79 Å². The summed E-state index contributed by atoms with van der Waals surface area (Å²) in [5.41, 5.74) is 3.95. The highest BCUT2D eigenvalue weighted by Crippen LogP contribution is 2.08. The fraction of sp³-hybridized carbons (Fsp3) is 0.500. The van der Waals surface area contributed by atoms with Gasteiger partial charge >= 0.3 is 5.97 Å². The molecule has 0 aromatic heterocycles. The molecule has 0 saturated heterocycles. The number of carbonyl (C=O) groups is 2. The summed E-state index contributed by atoms with van der Waals surface area (Å²) in [5.74, 6) is -0.865. The molecule has 78 valence electrons. The second kappa shape index (κ2) is 4.10. The van der Waals surface area contributed by atoms with Crippen LogP contribution in [0.2, 0.25) is 0 Å². The Balaban J connectivity index is 2.76. The molecule has 1 heterocycles. The van der Waals surface area contributed by atoms with Crippen LogP contribution in [0.4, 0.5) is 0 Å². The number of amides is 1. The van der Waals surface area contributed by atoms with Crippen molar-refractivity contribution in [2.45, 2.75) is 19.5 Å². The Kier molecular flexibility index (Phi) is 3.08. The number of carbonyl (C=O) groups excluding carboxylic acids is 2. The zero-order chi connectivity index (χ0) is 10.6. The van der Waals surface area contributed by atoms with E-state index in [9.17, 15) is 9.59 Å². The van der Waals surface area contributed by atoms with E-state index in [0.717, 1.165) is 0 Å². The van der Waals surface area contributed by atoms with Crippen LogP contribution in [0.1, 0.15) is 13.8 Å². The van der Waals surface area contributed by atoms with Gasteiger partial charge in [0.1, 0.15) is 0 Å². The summed E-state index contributed by atoms with van der Waals surface area (Å²) in [6.07, 6.45) is 3.01. The molecule has 1 atom stereocenters. The lowest BCUT2D eigenvalue weighted by Gasteiger charge is -2.25. The maximum absolute atomic E-state index is 11.5. The lowest BCUT2D eigenvalue weighted by atomic mass is 10.2. The standard InChI is InChI=1S/C8H13N3O3/c1-3-14-7(13)8(10-6(2)12)4-5-9-11-8/h4-5,9,11H,3H2,1-2H3,(H,10,12). The van der Waals surface area contributed by atoms with Gasteiger partial charge in [0.25, 0.3) is 0 Å². The molecule has 0 aliphatic carbocycles. The largest absolute Gasteiger partial charge is 0.463 e. The normalized spacial score (nSPS) is 24.1. The number of esters is 1. The Morgan fingerprint density at radius 3 is 2.71 bits per heavy atom. The third kappa shape index (κ3) is 2.02. The van der Waals surface area contributed by atoms with E-state index in [1.165, 1.54) is 19.2 Å². The van der Waals surface area contributed by atoms with Crippen LogP contribution in [0, 0.1) is 0 Å². The van der Waals surface area contributed by atoms with Gasteiger partial charge in [-0.15, -0.1) is 0 Å². The van der Waals surface area contributed by atoms with Gasteiger partial charge < -0.3 is 15.5 Å². The van der Waals surface area contributed by atoms with Gasteiger partial charge in [-0.05, 0) is 13.0 Å². The van der Waals surface area contributed by atoms with Crippen molar-refractivity contribution in [1.82, 2.24) is 16.2 Å². The van der Waals surface area contributed by atoms with Gasteiger partial charge in [0.15, 0.2) is 0 Å². The van der Waals surface area contributed by atoms with Gasteiger partial charge in [0.2, 0.25) is 11.6 Å². The maximum atomic E-state index is 11.5. The number of rotatable bonds is 3. The third-order valence-corrected chi connectivity index (χ3v) is 1.66. The molecule has 0 spiro atoms. The average Bonchev–Trinajstić information content (AvgIpc) is 2.53. The Bertz CT molecular complexity index is 277. The first kappa shape index (κ1) is 10.5. The number of ether oxygens (including phenoxy) is 1. The van der Waals surface area contributed by atoms with E-state index in [1.807, 2.05) is 0 Å². The van der Waals surface area contributed by atoms with Crippen molar-refractivity contribution in [2.75, 3.05) is 6.61 Å². The van der Waals surface area contributed by atoms with Gasteiger partial charge in [-0.1, -0.05) is 0 Å². The predicted molar refractivity (Wildman–Crippen MR) is 48.6 cm³/mol. The van der Waals surface area contributed by atoms with Gasteiger partial charge in [-0.25, -0.2) is 4.79 Å². The van der Waals surface area contributed by atoms with Crippen LogP contribution in [0.15, 0.2) is 12.3 Å². The molecule has 0 radical (unpaired) electrons. The summed E-state index contributed by atoms with van der Waals surface area (Å²) in [6.45, 7) is 3.29. The van der Waals surface area contributed by atoms with E-state index in [0.29, 0.717) is 0 Å². The fourth-order valence-corrected chi connectivity index (χ4v) is 1.13. The van der Waals surface area contributed by atoms with E-state index >= 15 is 0 Å². The van der Waals surface area contributed by atoms with E-state index in [2.05, 4.69) is 16.2 Å². The fourth-order valence-electron chi connectivity index (χ4n) is 1.13. The molecule has 6 nitrogen and oxygen atoms in total. The molecule has 1 aliphatic heterocycles. The van der Waals surface area contributed by atoms with E-state index in [1.54, 1.807) is 6.92 Å². The van der Waals surface area contributed by atoms with Crippen LogP contribution in [0.3, 0.4) is 0 Å². The Labute approximate surface area is 81.7 Å². The molecule has 0 aromatic carbocycles. The highest BCUT2D eigenvalue weighted by molar-refractivity contribution is 5.89. The Hall–Kier alpha value is -1.56. The van der Waals surface area contributed by atoms with Gasteiger partial charge in [0, 0.05) is 13.1 Å². The molecule has 0 bridgehead atoms. The van der Waals surface area contributed by atoms with Crippen LogP contribution in [0.5, 0.6) is 0 Å². The van der Waals surface area contributed by atoms with Crippen molar-refractivity contribution in [3.8, 4) is 0 Å². The van der Waals surface area contributed by atoms with Crippen LogP contribution in [0.25, 0.3) is 0 Å². The monoisotopic (exact) mass is 199 g/mol. The molecule has 3 N–H and O–H groups in total. The molecule has 0 fully saturated rings. The summed E-state index contributed by atoms with van der Waals surface area (Å²) in [4.78, 5) is 22.4. The van der Waals surface area contributed by atoms with Crippen molar-refractivity contribution >= 4 is 11.9 Å². The quantitative estimate of drug-likeness (QED) is 0.508. The minimum Gasteiger partial charge on any atom is -0.463 e. The van der Waals surface area contributed by atoms with E-state index in [-0.39, 0.29) is 12.5 Å². The lowest BCUT2D eigenvalue weighted by molar-refractivity contribution is -0.152. The first-order valence-corrected chi connectivity index (χ1v) is 4.27. The van der Waals surface area contributed by atoms with E-state index in [4.69, 9.17) is 4.74 Å². The molecular weight excluding hydrogens is 186 g/mol. The second-order valence-corrected chi connectivity index (χ2v) is 2.81. The molecule has 0 aromatic rings. The summed E-state index contributed by atoms with van der Waals surface area (Å²) in [7, 11) is 0. The second-order valence-electron chi connectivity index (χ2n) is 2.81. The van der Waals surface area contributed by atoms with Crippen LogP contribution < -0.4 is 16.2 Å². The zero-order valence-corrected chi connectivity index (χ0v) is 8.09.